The van der Waals surface area contributed by atoms with Gasteiger partial charge in [-0.1, -0.05) is 22.0 Å². The average molecular weight is 284 g/mol. The van der Waals surface area contributed by atoms with Gasteiger partial charge >= 0.3 is 6.18 Å². The van der Waals surface area contributed by atoms with Gasteiger partial charge in [0.25, 0.3) is 0 Å². The molecule has 0 radical (unpaired) electrons. The highest BCUT2D eigenvalue weighted by Gasteiger charge is 2.28. The van der Waals surface area contributed by atoms with Crippen LogP contribution in [-0.4, -0.2) is 12.8 Å². The zero-order valence-electron chi connectivity index (χ0n) is 7.64. The predicted molar refractivity (Wildman–Crippen MR) is 53.6 cm³/mol. The van der Waals surface area contributed by atoms with Gasteiger partial charge in [-0.15, -0.1) is 0 Å². The average Bonchev–Trinajstić information content (AvgIpc) is 2.14. The Morgan fingerprint density at radius 2 is 2.00 bits per heavy atom. The molecule has 15 heavy (non-hydrogen) atoms. The third-order valence-corrected chi connectivity index (χ3v) is 2.13. The number of hydrogen-bond donors (Lipinski definition) is 1. The number of alkyl halides is 3. The molecule has 0 aliphatic rings. The molecular weight excluding hydrogens is 275 g/mol. The summed E-state index contributed by atoms with van der Waals surface area (Å²) < 4.78 is 41.0. The Labute approximate surface area is 93.3 Å². The lowest BCUT2D eigenvalue weighted by molar-refractivity contribution is -0.153. The van der Waals surface area contributed by atoms with Gasteiger partial charge in [-0.25, -0.2) is 0 Å². The van der Waals surface area contributed by atoms with Crippen LogP contribution in [0.3, 0.4) is 0 Å². The van der Waals surface area contributed by atoms with E-state index in [2.05, 4.69) is 20.7 Å². The van der Waals surface area contributed by atoms with E-state index < -0.39 is 12.8 Å². The number of halogens is 4. The Kier molecular flexibility index (Phi) is 3.98. The predicted octanol–water partition coefficient (Wildman–Crippen LogP) is 2.85. The normalized spacial score (nSPS) is 11.5. The van der Waals surface area contributed by atoms with Crippen LogP contribution in [0, 0.1) is 0 Å². The first-order chi connectivity index (χ1) is 6.92. The van der Waals surface area contributed by atoms with Gasteiger partial charge in [-0.05, 0) is 12.1 Å². The molecule has 1 rings (SSSR count). The summed E-state index contributed by atoms with van der Waals surface area (Å²) in [6.45, 7) is -1.17. The molecule has 0 unspecified atom stereocenters. The van der Waals surface area contributed by atoms with Gasteiger partial charge in [0.15, 0.2) is 6.61 Å². The molecule has 0 atom stereocenters. The fourth-order valence-electron chi connectivity index (χ4n) is 0.991. The minimum absolute atomic E-state index is 0.139. The van der Waals surface area contributed by atoms with Crippen molar-refractivity contribution in [3.05, 3.63) is 28.2 Å². The number of benzene rings is 1. The molecule has 1 aromatic carbocycles. The molecule has 0 aromatic heterocycles. The first-order valence-corrected chi connectivity index (χ1v) is 4.90. The Hall–Kier alpha value is -0.750. The first-order valence-electron chi connectivity index (χ1n) is 4.10. The van der Waals surface area contributed by atoms with Crippen molar-refractivity contribution in [2.24, 2.45) is 5.73 Å². The Morgan fingerprint density at radius 1 is 1.33 bits per heavy atom. The summed E-state index contributed by atoms with van der Waals surface area (Å²) >= 11 is 3.14. The molecule has 0 bridgehead atoms. The van der Waals surface area contributed by atoms with Crippen molar-refractivity contribution in [3.63, 3.8) is 0 Å². The summed E-state index contributed by atoms with van der Waals surface area (Å²) in [5.74, 6) is 0.157. The van der Waals surface area contributed by atoms with E-state index in [0.717, 1.165) is 0 Å². The third-order valence-electron chi connectivity index (χ3n) is 1.64. The van der Waals surface area contributed by atoms with Crippen LogP contribution >= 0.6 is 15.9 Å². The molecule has 0 saturated heterocycles. The van der Waals surface area contributed by atoms with Crippen LogP contribution in [-0.2, 0) is 6.54 Å². The van der Waals surface area contributed by atoms with Crippen molar-refractivity contribution in [2.45, 2.75) is 12.7 Å². The Morgan fingerprint density at radius 3 is 2.53 bits per heavy atom. The fraction of sp³-hybridized carbons (Fsp3) is 0.333. The lowest BCUT2D eigenvalue weighted by Gasteiger charge is -2.12. The molecule has 6 heteroatoms. The second kappa shape index (κ2) is 4.85. The van der Waals surface area contributed by atoms with Crippen LogP contribution in [0.4, 0.5) is 13.2 Å². The zero-order chi connectivity index (χ0) is 11.5. The minimum atomic E-state index is -4.34. The van der Waals surface area contributed by atoms with Crippen molar-refractivity contribution in [1.29, 1.82) is 0 Å². The lowest BCUT2D eigenvalue weighted by atomic mass is 10.2. The van der Waals surface area contributed by atoms with E-state index in [0.29, 0.717) is 10.0 Å². The molecular formula is C9H9BrF3NO. The SMILES string of the molecule is NCc1ccc(Br)cc1OCC(F)(F)F. The van der Waals surface area contributed by atoms with Crippen LogP contribution in [0.25, 0.3) is 0 Å². The van der Waals surface area contributed by atoms with E-state index in [1.54, 1.807) is 12.1 Å². The number of nitrogens with two attached hydrogens (primary N) is 1. The summed E-state index contributed by atoms with van der Waals surface area (Å²) in [4.78, 5) is 0. The van der Waals surface area contributed by atoms with Crippen LogP contribution in [0.5, 0.6) is 5.75 Å². The molecule has 0 aliphatic heterocycles. The Bertz CT molecular complexity index is 341. The molecule has 2 N–H and O–H groups in total. The van der Waals surface area contributed by atoms with Crippen LogP contribution in [0.1, 0.15) is 5.56 Å². The monoisotopic (exact) mass is 283 g/mol. The topological polar surface area (TPSA) is 35.2 Å². The zero-order valence-corrected chi connectivity index (χ0v) is 9.23. The maximum absolute atomic E-state index is 11.9. The van der Waals surface area contributed by atoms with Crippen LogP contribution < -0.4 is 10.5 Å². The van der Waals surface area contributed by atoms with Gasteiger partial charge in [-0.2, -0.15) is 13.2 Å². The largest absolute Gasteiger partial charge is 0.484 e. The van der Waals surface area contributed by atoms with E-state index in [9.17, 15) is 13.2 Å². The van der Waals surface area contributed by atoms with Gasteiger partial charge in [0.2, 0.25) is 0 Å². The molecule has 0 fully saturated rings. The number of hydrogen-bond acceptors (Lipinski definition) is 2. The molecule has 0 aliphatic carbocycles. The van der Waals surface area contributed by atoms with E-state index in [-0.39, 0.29) is 12.3 Å². The van der Waals surface area contributed by atoms with E-state index in [4.69, 9.17) is 5.73 Å². The molecule has 0 amide bonds. The molecule has 0 saturated carbocycles. The highest BCUT2D eigenvalue weighted by Crippen LogP contribution is 2.25. The van der Waals surface area contributed by atoms with Gasteiger partial charge in [0.05, 0.1) is 0 Å². The van der Waals surface area contributed by atoms with Gasteiger partial charge in [0.1, 0.15) is 5.75 Å². The van der Waals surface area contributed by atoms with Crippen LogP contribution in [0.2, 0.25) is 0 Å². The van der Waals surface area contributed by atoms with Gasteiger partial charge < -0.3 is 10.5 Å². The number of ether oxygens (including phenoxy) is 1. The quantitative estimate of drug-likeness (QED) is 0.926. The van der Waals surface area contributed by atoms with Gasteiger partial charge in [0, 0.05) is 16.6 Å². The van der Waals surface area contributed by atoms with Crippen molar-refractivity contribution in [3.8, 4) is 5.75 Å². The van der Waals surface area contributed by atoms with E-state index in [1.165, 1.54) is 6.07 Å². The smallest absolute Gasteiger partial charge is 0.422 e. The highest BCUT2D eigenvalue weighted by atomic mass is 79.9. The van der Waals surface area contributed by atoms with E-state index >= 15 is 0 Å². The minimum Gasteiger partial charge on any atom is -0.484 e. The maximum Gasteiger partial charge on any atom is 0.422 e. The van der Waals surface area contributed by atoms with E-state index in [1.807, 2.05) is 0 Å². The summed E-state index contributed by atoms with van der Waals surface area (Å²) in [6.07, 6.45) is -4.34. The lowest BCUT2D eigenvalue weighted by Crippen LogP contribution is -2.20. The Balaban J connectivity index is 2.79. The first kappa shape index (κ1) is 12.3. The maximum atomic E-state index is 11.9. The molecule has 0 heterocycles. The summed E-state index contributed by atoms with van der Waals surface area (Å²) in [5.41, 5.74) is 5.91. The molecule has 84 valence electrons. The molecule has 2 nitrogen and oxygen atoms in total. The second-order valence-corrected chi connectivity index (χ2v) is 3.78. The summed E-state index contributed by atoms with van der Waals surface area (Å²) in [6, 6.07) is 4.78. The van der Waals surface area contributed by atoms with Crippen LogP contribution in [0.15, 0.2) is 22.7 Å². The van der Waals surface area contributed by atoms with Crippen molar-refractivity contribution >= 4 is 15.9 Å². The third kappa shape index (κ3) is 4.09. The molecule has 0 spiro atoms. The fourth-order valence-corrected chi connectivity index (χ4v) is 1.33. The standard InChI is InChI=1S/C9H9BrF3NO/c10-7-2-1-6(4-14)8(3-7)15-5-9(11,12)13/h1-3H,4-5,14H2. The highest BCUT2D eigenvalue weighted by molar-refractivity contribution is 9.10. The van der Waals surface area contributed by atoms with Crippen molar-refractivity contribution < 1.29 is 17.9 Å². The molecule has 1 aromatic rings. The summed E-state index contributed by atoms with van der Waals surface area (Å²) in [7, 11) is 0. The van der Waals surface area contributed by atoms with Crippen molar-refractivity contribution in [2.75, 3.05) is 6.61 Å². The van der Waals surface area contributed by atoms with Gasteiger partial charge in [-0.3, -0.25) is 0 Å². The number of rotatable bonds is 3. The van der Waals surface area contributed by atoms with Crippen molar-refractivity contribution in [1.82, 2.24) is 0 Å². The summed E-state index contributed by atoms with van der Waals surface area (Å²) in [5, 5.41) is 0. The second-order valence-electron chi connectivity index (χ2n) is 2.86.